The lowest BCUT2D eigenvalue weighted by Crippen LogP contribution is -2.37. The zero-order valence-corrected chi connectivity index (χ0v) is 9.70. The molecule has 2 unspecified atom stereocenters. The highest BCUT2D eigenvalue weighted by Gasteiger charge is 2.38. The molecule has 0 aromatic rings. The van der Waals surface area contributed by atoms with Crippen LogP contribution in [-0.2, 0) is 0 Å². The largest absolute Gasteiger partial charge is 0.156 e. The second-order valence-corrected chi connectivity index (χ2v) is 5.72. The maximum absolute atomic E-state index is 8.56. The fraction of sp³-hybridized carbons (Fsp3) is 1.00. The van der Waals surface area contributed by atoms with Crippen LogP contribution in [0, 0.1) is 0 Å². The Kier molecular flexibility index (Phi) is 4.29. The van der Waals surface area contributed by atoms with Gasteiger partial charge in [0, 0.05) is 21.7 Å². The maximum Gasteiger partial charge on any atom is 0.106 e. The Hall–Kier alpha value is 0.01000. The number of thioether (sulfide) groups is 2. The molecule has 0 aliphatic carbocycles. The van der Waals surface area contributed by atoms with Gasteiger partial charge in [0.2, 0.25) is 0 Å². The molecule has 1 aliphatic heterocycles. The SMILES string of the molecule is CCC1SCCSC1(CC)N=[N+]=[N-]. The zero-order chi connectivity index (χ0) is 9.73. The molecular weight excluding hydrogens is 202 g/mol. The average Bonchev–Trinajstić information content (AvgIpc) is 2.19. The van der Waals surface area contributed by atoms with Crippen LogP contribution in [0.15, 0.2) is 5.11 Å². The fourth-order valence-electron chi connectivity index (χ4n) is 1.64. The van der Waals surface area contributed by atoms with E-state index in [0.29, 0.717) is 5.25 Å². The minimum absolute atomic E-state index is 0.174. The summed E-state index contributed by atoms with van der Waals surface area (Å²) in [5.41, 5.74) is 8.56. The Morgan fingerprint density at radius 2 is 2.31 bits per heavy atom. The molecule has 1 rings (SSSR count). The van der Waals surface area contributed by atoms with Crippen LogP contribution in [0.4, 0.5) is 0 Å². The summed E-state index contributed by atoms with van der Waals surface area (Å²) < 4.78 is 0. The molecule has 13 heavy (non-hydrogen) atoms. The van der Waals surface area contributed by atoms with Crippen LogP contribution in [0.25, 0.3) is 10.4 Å². The molecule has 0 aromatic heterocycles. The van der Waals surface area contributed by atoms with Crippen molar-refractivity contribution in [2.45, 2.75) is 36.8 Å². The summed E-state index contributed by atoms with van der Waals surface area (Å²) >= 11 is 3.78. The van der Waals surface area contributed by atoms with E-state index in [1.165, 1.54) is 5.75 Å². The van der Waals surface area contributed by atoms with Crippen molar-refractivity contribution in [1.82, 2.24) is 0 Å². The lowest BCUT2D eigenvalue weighted by molar-refractivity contribution is 0.544. The topological polar surface area (TPSA) is 48.8 Å². The molecule has 0 saturated carbocycles. The summed E-state index contributed by atoms with van der Waals surface area (Å²) in [6.45, 7) is 4.27. The van der Waals surface area contributed by atoms with Gasteiger partial charge in [0.25, 0.3) is 0 Å². The Bertz CT molecular complexity index is 215. The standard InChI is InChI=1S/C8H15N3S2/c1-3-7-8(4-2,10-11-9)13-6-5-12-7/h7H,3-6H2,1-2H3. The van der Waals surface area contributed by atoms with Gasteiger partial charge in [0.15, 0.2) is 0 Å². The van der Waals surface area contributed by atoms with Crippen LogP contribution < -0.4 is 0 Å². The van der Waals surface area contributed by atoms with E-state index in [-0.39, 0.29) is 4.87 Å². The first kappa shape index (κ1) is 11.1. The molecule has 0 amide bonds. The average molecular weight is 217 g/mol. The van der Waals surface area contributed by atoms with E-state index >= 15 is 0 Å². The third-order valence-electron chi connectivity index (χ3n) is 2.35. The van der Waals surface area contributed by atoms with Crippen molar-refractivity contribution < 1.29 is 0 Å². The van der Waals surface area contributed by atoms with Crippen molar-refractivity contribution in [2.75, 3.05) is 11.5 Å². The van der Waals surface area contributed by atoms with Crippen LogP contribution in [-0.4, -0.2) is 21.6 Å². The maximum atomic E-state index is 8.56. The van der Waals surface area contributed by atoms with Crippen molar-refractivity contribution in [3.8, 4) is 0 Å². The quantitative estimate of drug-likeness (QED) is 0.411. The predicted molar refractivity (Wildman–Crippen MR) is 61.2 cm³/mol. The van der Waals surface area contributed by atoms with E-state index in [1.807, 2.05) is 23.5 Å². The van der Waals surface area contributed by atoms with Gasteiger partial charge in [-0.15, -0.1) is 11.8 Å². The number of hydrogen-bond donors (Lipinski definition) is 0. The van der Waals surface area contributed by atoms with Crippen LogP contribution >= 0.6 is 23.5 Å². The Balaban J connectivity index is 2.84. The van der Waals surface area contributed by atoms with Crippen molar-refractivity contribution in [3.63, 3.8) is 0 Å². The van der Waals surface area contributed by atoms with E-state index < -0.39 is 0 Å². The van der Waals surface area contributed by atoms with Gasteiger partial charge in [0.05, 0.1) is 0 Å². The summed E-state index contributed by atoms with van der Waals surface area (Å²) in [4.78, 5) is 2.82. The minimum Gasteiger partial charge on any atom is -0.156 e. The summed E-state index contributed by atoms with van der Waals surface area (Å²) in [6, 6.07) is 0. The monoisotopic (exact) mass is 217 g/mol. The lowest BCUT2D eigenvalue weighted by Gasteiger charge is -2.38. The lowest BCUT2D eigenvalue weighted by atomic mass is 10.1. The Morgan fingerprint density at radius 3 is 2.85 bits per heavy atom. The first-order valence-electron chi connectivity index (χ1n) is 4.61. The summed E-state index contributed by atoms with van der Waals surface area (Å²) in [5, 5.41) is 4.50. The third kappa shape index (κ3) is 2.27. The molecule has 5 heteroatoms. The smallest absolute Gasteiger partial charge is 0.106 e. The van der Waals surface area contributed by atoms with Crippen molar-refractivity contribution in [1.29, 1.82) is 0 Å². The molecule has 0 radical (unpaired) electrons. The number of hydrogen-bond acceptors (Lipinski definition) is 3. The van der Waals surface area contributed by atoms with Gasteiger partial charge in [-0.1, -0.05) is 19.0 Å². The highest BCUT2D eigenvalue weighted by atomic mass is 32.2. The number of nitrogens with zero attached hydrogens (tertiary/aromatic N) is 3. The molecule has 3 nitrogen and oxygen atoms in total. The first-order chi connectivity index (χ1) is 6.29. The minimum atomic E-state index is -0.174. The summed E-state index contributed by atoms with van der Waals surface area (Å²) in [6.07, 6.45) is 2.03. The van der Waals surface area contributed by atoms with Crippen molar-refractivity contribution in [2.24, 2.45) is 5.11 Å². The molecule has 2 atom stereocenters. The molecular formula is C8H15N3S2. The highest BCUT2D eigenvalue weighted by Crippen LogP contribution is 2.45. The van der Waals surface area contributed by atoms with Crippen LogP contribution in [0.2, 0.25) is 0 Å². The van der Waals surface area contributed by atoms with Crippen LogP contribution in [0.5, 0.6) is 0 Å². The van der Waals surface area contributed by atoms with E-state index in [9.17, 15) is 0 Å². The number of rotatable bonds is 3. The molecule has 1 saturated heterocycles. The van der Waals surface area contributed by atoms with E-state index in [0.717, 1.165) is 18.6 Å². The van der Waals surface area contributed by atoms with Crippen LogP contribution in [0.3, 0.4) is 0 Å². The van der Waals surface area contributed by atoms with E-state index in [1.54, 1.807) is 0 Å². The molecule has 1 fully saturated rings. The summed E-state index contributed by atoms with van der Waals surface area (Å²) in [7, 11) is 0. The van der Waals surface area contributed by atoms with E-state index in [4.69, 9.17) is 5.53 Å². The fourth-order valence-corrected chi connectivity index (χ4v) is 4.76. The van der Waals surface area contributed by atoms with Gasteiger partial charge >= 0.3 is 0 Å². The Morgan fingerprint density at radius 1 is 1.54 bits per heavy atom. The first-order valence-corrected chi connectivity index (χ1v) is 6.64. The van der Waals surface area contributed by atoms with Crippen molar-refractivity contribution in [3.05, 3.63) is 10.4 Å². The highest BCUT2D eigenvalue weighted by molar-refractivity contribution is 8.07. The molecule has 74 valence electrons. The molecule has 0 aromatic carbocycles. The zero-order valence-electron chi connectivity index (χ0n) is 8.06. The van der Waals surface area contributed by atoms with E-state index in [2.05, 4.69) is 23.9 Å². The van der Waals surface area contributed by atoms with Gasteiger partial charge in [-0.25, -0.2) is 0 Å². The van der Waals surface area contributed by atoms with Gasteiger partial charge in [0.1, 0.15) is 4.87 Å². The molecule has 0 bridgehead atoms. The third-order valence-corrected chi connectivity index (χ3v) is 5.88. The van der Waals surface area contributed by atoms with Crippen LogP contribution in [0.1, 0.15) is 26.7 Å². The second-order valence-electron chi connectivity index (χ2n) is 3.00. The molecule has 0 N–H and O–H groups in total. The van der Waals surface area contributed by atoms with Gasteiger partial charge in [-0.3, -0.25) is 0 Å². The van der Waals surface area contributed by atoms with Gasteiger partial charge < -0.3 is 0 Å². The predicted octanol–water partition coefficient (Wildman–Crippen LogP) is 3.66. The molecule has 1 aliphatic rings. The molecule has 1 heterocycles. The van der Waals surface area contributed by atoms with Crippen molar-refractivity contribution >= 4 is 23.5 Å². The van der Waals surface area contributed by atoms with Gasteiger partial charge in [-0.05, 0) is 18.4 Å². The molecule has 0 spiro atoms. The van der Waals surface area contributed by atoms with Gasteiger partial charge in [-0.2, -0.15) is 11.8 Å². The Labute approximate surface area is 87.7 Å². The summed E-state index contributed by atoms with van der Waals surface area (Å²) in [5.74, 6) is 2.29. The second kappa shape index (κ2) is 5.03. The normalized spacial score (nSPS) is 33.8. The number of azide groups is 1.